The highest BCUT2D eigenvalue weighted by Gasteiger charge is 2.15. The summed E-state index contributed by atoms with van der Waals surface area (Å²) in [5.41, 5.74) is 8.29. The quantitative estimate of drug-likeness (QED) is 0.746. The summed E-state index contributed by atoms with van der Waals surface area (Å²) in [6.07, 6.45) is 0.900. The highest BCUT2D eigenvalue weighted by molar-refractivity contribution is 6.34. The molecule has 104 valence electrons. The average Bonchev–Trinajstić information content (AvgIpc) is 2.41. The summed E-state index contributed by atoms with van der Waals surface area (Å²) in [7, 11) is 0. The molecule has 0 bridgehead atoms. The molecule has 0 aliphatic carbocycles. The lowest BCUT2D eigenvalue weighted by Crippen LogP contribution is -2.05. The molecule has 0 saturated carbocycles. The number of aryl methyl sites for hydroxylation is 1. The first-order chi connectivity index (χ1) is 9.51. The average molecular weight is 291 g/mol. The number of nitrogens with one attached hydrogen (secondary N) is 1. The Kier molecular flexibility index (Phi) is 4.15. The summed E-state index contributed by atoms with van der Waals surface area (Å²) in [6.45, 7) is 2.05. The fourth-order valence-corrected chi connectivity index (χ4v) is 2.21. The zero-order valence-corrected chi connectivity index (χ0v) is 11.7. The third kappa shape index (κ3) is 3.03. The number of carboxylic acid groups (broad SMARTS) is 1. The van der Waals surface area contributed by atoms with Crippen LogP contribution in [0, 0.1) is 0 Å². The van der Waals surface area contributed by atoms with E-state index in [0.29, 0.717) is 11.4 Å². The maximum absolute atomic E-state index is 11.3. The van der Waals surface area contributed by atoms with Crippen molar-refractivity contribution >= 4 is 34.6 Å². The number of benzene rings is 2. The van der Waals surface area contributed by atoms with E-state index in [4.69, 9.17) is 17.3 Å². The van der Waals surface area contributed by atoms with Crippen molar-refractivity contribution in [2.24, 2.45) is 0 Å². The van der Waals surface area contributed by atoms with Crippen LogP contribution in [0.2, 0.25) is 5.02 Å². The van der Waals surface area contributed by atoms with Gasteiger partial charge in [-0.05, 0) is 36.2 Å². The van der Waals surface area contributed by atoms with Crippen molar-refractivity contribution in [2.45, 2.75) is 13.3 Å². The molecule has 2 aromatic rings. The zero-order valence-electron chi connectivity index (χ0n) is 11.0. The first kappa shape index (κ1) is 14.2. The number of anilines is 3. The third-order valence-corrected chi connectivity index (χ3v) is 3.25. The van der Waals surface area contributed by atoms with Gasteiger partial charge >= 0.3 is 5.97 Å². The van der Waals surface area contributed by atoms with Gasteiger partial charge in [0.1, 0.15) is 0 Å². The maximum Gasteiger partial charge on any atom is 0.337 e. The minimum absolute atomic E-state index is 0.0527. The fourth-order valence-electron chi connectivity index (χ4n) is 1.94. The van der Waals surface area contributed by atoms with Crippen molar-refractivity contribution in [1.82, 2.24) is 0 Å². The Labute approximate surface area is 122 Å². The smallest absolute Gasteiger partial charge is 0.337 e. The molecular formula is C15H15ClN2O2. The topological polar surface area (TPSA) is 75.3 Å². The number of nitrogen functional groups attached to an aromatic ring is 1. The van der Waals surface area contributed by atoms with E-state index in [-0.39, 0.29) is 10.6 Å². The largest absolute Gasteiger partial charge is 0.478 e. The molecule has 20 heavy (non-hydrogen) atoms. The number of aromatic carboxylic acids is 1. The summed E-state index contributed by atoms with van der Waals surface area (Å²) in [6, 6.07) is 10.6. The predicted octanol–water partition coefficient (Wildman–Crippen LogP) is 3.93. The van der Waals surface area contributed by atoms with E-state index in [1.54, 1.807) is 0 Å². The second-order valence-electron chi connectivity index (χ2n) is 4.41. The van der Waals surface area contributed by atoms with Crippen LogP contribution in [0.4, 0.5) is 17.1 Å². The van der Waals surface area contributed by atoms with Crippen LogP contribution in [0.25, 0.3) is 0 Å². The van der Waals surface area contributed by atoms with Crippen LogP contribution < -0.4 is 11.1 Å². The third-order valence-electron chi connectivity index (χ3n) is 2.95. The monoisotopic (exact) mass is 290 g/mol. The lowest BCUT2D eigenvalue weighted by Gasteiger charge is -2.13. The molecule has 0 radical (unpaired) electrons. The van der Waals surface area contributed by atoms with Crippen LogP contribution in [-0.2, 0) is 6.42 Å². The van der Waals surface area contributed by atoms with E-state index in [0.717, 1.165) is 17.7 Å². The van der Waals surface area contributed by atoms with Gasteiger partial charge in [0.2, 0.25) is 0 Å². The predicted molar refractivity (Wildman–Crippen MR) is 81.9 cm³/mol. The van der Waals surface area contributed by atoms with Crippen molar-refractivity contribution in [3.05, 3.63) is 52.5 Å². The molecule has 0 saturated heterocycles. The second kappa shape index (κ2) is 5.84. The van der Waals surface area contributed by atoms with Gasteiger partial charge in [-0.1, -0.05) is 30.7 Å². The first-order valence-electron chi connectivity index (χ1n) is 6.19. The lowest BCUT2D eigenvalue weighted by atomic mass is 10.1. The van der Waals surface area contributed by atoms with Crippen molar-refractivity contribution in [3.63, 3.8) is 0 Å². The van der Waals surface area contributed by atoms with Crippen LogP contribution >= 0.6 is 11.6 Å². The molecule has 0 aliphatic rings. The molecule has 4 N–H and O–H groups in total. The summed E-state index contributed by atoms with van der Waals surface area (Å²) < 4.78 is 0. The van der Waals surface area contributed by atoms with Crippen LogP contribution in [0.5, 0.6) is 0 Å². The van der Waals surface area contributed by atoms with Gasteiger partial charge in [-0.2, -0.15) is 0 Å². The second-order valence-corrected chi connectivity index (χ2v) is 4.82. The Morgan fingerprint density at radius 3 is 2.75 bits per heavy atom. The molecule has 2 rings (SSSR count). The molecule has 0 aromatic heterocycles. The fraction of sp³-hybridized carbons (Fsp3) is 0.133. The zero-order chi connectivity index (χ0) is 14.7. The van der Waals surface area contributed by atoms with E-state index >= 15 is 0 Å². The molecule has 5 heteroatoms. The van der Waals surface area contributed by atoms with Gasteiger partial charge < -0.3 is 16.2 Å². The first-order valence-corrected chi connectivity index (χ1v) is 6.57. The Balaban J connectivity index is 2.44. The van der Waals surface area contributed by atoms with Gasteiger partial charge in [0.25, 0.3) is 0 Å². The normalized spacial score (nSPS) is 10.3. The van der Waals surface area contributed by atoms with E-state index in [9.17, 15) is 9.90 Å². The minimum Gasteiger partial charge on any atom is -0.478 e. The minimum atomic E-state index is -1.08. The van der Waals surface area contributed by atoms with Gasteiger partial charge in [0.15, 0.2) is 0 Å². The number of carbonyl (C=O) groups is 1. The van der Waals surface area contributed by atoms with Gasteiger partial charge in [-0.25, -0.2) is 4.79 Å². The number of nitrogens with two attached hydrogens (primary N) is 1. The van der Waals surface area contributed by atoms with E-state index in [2.05, 4.69) is 12.2 Å². The van der Waals surface area contributed by atoms with Crippen LogP contribution in [0.3, 0.4) is 0 Å². The van der Waals surface area contributed by atoms with Crippen LogP contribution in [0.1, 0.15) is 22.8 Å². The summed E-state index contributed by atoms with van der Waals surface area (Å²) in [5, 5.41) is 12.6. The summed E-state index contributed by atoms with van der Waals surface area (Å²) >= 11 is 6.10. The number of hydrogen-bond acceptors (Lipinski definition) is 3. The van der Waals surface area contributed by atoms with Gasteiger partial charge in [-0.15, -0.1) is 0 Å². The van der Waals surface area contributed by atoms with E-state index in [1.165, 1.54) is 12.1 Å². The molecule has 0 unspecified atom stereocenters. The molecular weight excluding hydrogens is 276 g/mol. The van der Waals surface area contributed by atoms with Crippen LogP contribution in [0.15, 0.2) is 36.4 Å². The van der Waals surface area contributed by atoms with Gasteiger partial charge in [-0.3, -0.25) is 0 Å². The Bertz CT molecular complexity index is 656. The number of carboxylic acids is 1. The highest BCUT2D eigenvalue weighted by atomic mass is 35.5. The summed E-state index contributed by atoms with van der Waals surface area (Å²) in [4.78, 5) is 11.3. The Hall–Kier alpha value is -2.20. The standard InChI is InChI=1S/C15H15ClN2O2/c1-2-9-4-3-5-11(6-9)18-14-12(15(19)20)7-10(17)8-13(14)16/h3-8,18H,2,17H2,1H3,(H,19,20). The van der Waals surface area contributed by atoms with Gasteiger partial charge in [0, 0.05) is 11.4 Å². The SMILES string of the molecule is CCc1cccc(Nc2c(Cl)cc(N)cc2C(=O)O)c1. The molecule has 0 spiro atoms. The number of halogens is 1. The highest BCUT2D eigenvalue weighted by Crippen LogP contribution is 2.32. The molecule has 4 nitrogen and oxygen atoms in total. The lowest BCUT2D eigenvalue weighted by molar-refractivity contribution is 0.0698. The van der Waals surface area contributed by atoms with Crippen molar-refractivity contribution < 1.29 is 9.90 Å². The van der Waals surface area contributed by atoms with Crippen molar-refractivity contribution in [1.29, 1.82) is 0 Å². The number of hydrogen-bond donors (Lipinski definition) is 3. The van der Waals surface area contributed by atoms with Gasteiger partial charge in [0.05, 0.1) is 16.3 Å². The molecule has 0 amide bonds. The molecule has 0 aliphatic heterocycles. The molecule has 0 atom stereocenters. The van der Waals surface area contributed by atoms with Crippen LogP contribution in [-0.4, -0.2) is 11.1 Å². The van der Waals surface area contributed by atoms with Crippen molar-refractivity contribution in [2.75, 3.05) is 11.1 Å². The van der Waals surface area contributed by atoms with E-state index < -0.39 is 5.97 Å². The molecule has 0 heterocycles. The Morgan fingerprint density at radius 2 is 2.10 bits per heavy atom. The maximum atomic E-state index is 11.3. The Morgan fingerprint density at radius 1 is 1.35 bits per heavy atom. The molecule has 0 fully saturated rings. The molecule has 2 aromatic carbocycles. The van der Waals surface area contributed by atoms with Crippen molar-refractivity contribution in [3.8, 4) is 0 Å². The number of rotatable bonds is 4. The van der Waals surface area contributed by atoms with E-state index in [1.807, 2.05) is 24.3 Å². The summed E-state index contributed by atoms with van der Waals surface area (Å²) in [5.74, 6) is -1.08.